The standard InChI is InChI=1S/C25H38N4O3S2/c1-32-21-9-7-20(8-10-21)28-12-14-29(15-13-28)25(31)22(27-23(30)24-26-11-16-34-24)18-33-17-19-5-3-2-4-6-19/h7-10,19,22,24,26H,2-6,11-18H2,1H3,(H,27,30)/t22-,24?/m0/s1. The summed E-state index contributed by atoms with van der Waals surface area (Å²) in [6.07, 6.45) is 6.61. The normalized spacial score (nSPS) is 22.4. The van der Waals surface area contributed by atoms with Gasteiger partial charge in [0, 0.05) is 49.9 Å². The molecule has 2 aliphatic heterocycles. The second-order valence-corrected chi connectivity index (χ2v) is 11.6. The number of anilines is 1. The Bertz CT molecular complexity index is 790. The van der Waals surface area contributed by atoms with Gasteiger partial charge in [-0.3, -0.25) is 14.9 Å². The lowest BCUT2D eigenvalue weighted by atomic mass is 9.91. The van der Waals surface area contributed by atoms with E-state index < -0.39 is 6.04 Å². The maximum atomic E-state index is 13.5. The van der Waals surface area contributed by atoms with Gasteiger partial charge in [0.05, 0.1) is 7.11 Å². The molecular formula is C25H38N4O3S2. The molecule has 188 valence electrons. The van der Waals surface area contributed by atoms with Crippen LogP contribution >= 0.6 is 23.5 Å². The van der Waals surface area contributed by atoms with Gasteiger partial charge < -0.3 is 19.9 Å². The van der Waals surface area contributed by atoms with E-state index >= 15 is 0 Å². The van der Waals surface area contributed by atoms with Gasteiger partial charge in [-0.05, 0) is 48.8 Å². The Morgan fingerprint density at radius 2 is 1.88 bits per heavy atom. The summed E-state index contributed by atoms with van der Waals surface area (Å²) in [7, 11) is 1.67. The second-order valence-electron chi connectivity index (χ2n) is 9.32. The smallest absolute Gasteiger partial charge is 0.248 e. The fraction of sp³-hybridized carbons (Fsp3) is 0.680. The molecule has 2 amide bonds. The molecule has 4 rings (SSSR count). The molecule has 3 fully saturated rings. The van der Waals surface area contributed by atoms with E-state index in [9.17, 15) is 9.59 Å². The van der Waals surface area contributed by atoms with Crippen LogP contribution in [0.3, 0.4) is 0 Å². The van der Waals surface area contributed by atoms with Crippen LogP contribution in [0.2, 0.25) is 0 Å². The highest BCUT2D eigenvalue weighted by Gasteiger charge is 2.32. The van der Waals surface area contributed by atoms with Gasteiger partial charge in [-0.2, -0.15) is 11.8 Å². The SMILES string of the molecule is COc1ccc(N2CCN(C(=O)[C@H](CSCC3CCCCC3)NC(=O)C3NCCS3)CC2)cc1. The molecule has 0 radical (unpaired) electrons. The van der Waals surface area contributed by atoms with Gasteiger partial charge in [-0.1, -0.05) is 19.3 Å². The third-order valence-corrected chi connectivity index (χ3v) is 9.39. The molecule has 2 heterocycles. The van der Waals surface area contributed by atoms with E-state index in [0.29, 0.717) is 18.8 Å². The number of thioether (sulfide) groups is 2. The van der Waals surface area contributed by atoms with Crippen molar-refractivity contribution in [2.45, 2.75) is 43.5 Å². The third-order valence-electron chi connectivity index (χ3n) is 6.96. The first-order chi connectivity index (χ1) is 16.6. The molecule has 3 aliphatic rings. The van der Waals surface area contributed by atoms with Crippen molar-refractivity contribution >= 4 is 41.0 Å². The molecule has 7 nitrogen and oxygen atoms in total. The third kappa shape index (κ3) is 6.98. The number of piperazine rings is 1. The lowest BCUT2D eigenvalue weighted by Gasteiger charge is -2.38. The number of nitrogens with zero attached hydrogens (tertiary/aromatic N) is 2. The van der Waals surface area contributed by atoms with Crippen LogP contribution in [0, 0.1) is 5.92 Å². The predicted molar refractivity (Wildman–Crippen MR) is 142 cm³/mol. The average molecular weight is 507 g/mol. The van der Waals surface area contributed by atoms with Crippen LogP contribution in [-0.2, 0) is 9.59 Å². The van der Waals surface area contributed by atoms with Gasteiger partial charge in [0.25, 0.3) is 0 Å². The number of carbonyl (C=O) groups is 2. The topological polar surface area (TPSA) is 73.9 Å². The van der Waals surface area contributed by atoms with Crippen molar-refractivity contribution < 1.29 is 14.3 Å². The maximum absolute atomic E-state index is 13.5. The fourth-order valence-corrected chi connectivity index (χ4v) is 7.11. The van der Waals surface area contributed by atoms with Crippen LogP contribution in [0.25, 0.3) is 0 Å². The van der Waals surface area contributed by atoms with E-state index in [-0.39, 0.29) is 17.2 Å². The number of benzene rings is 1. The van der Waals surface area contributed by atoms with Crippen molar-refractivity contribution in [3.05, 3.63) is 24.3 Å². The summed E-state index contributed by atoms with van der Waals surface area (Å²) in [6, 6.07) is 7.60. The summed E-state index contributed by atoms with van der Waals surface area (Å²) >= 11 is 3.45. The second kappa shape index (κ2) is 12.9. The number of ether oxygens (including phenoxy) is 1. The van der Waals surface area contributed by atoms with Crippen molar-refractivity contribution in [2.75, 3.05) is 62.0 Å². The van der Waals surface area contributed by atoms with Gasteiger partial charge in [0.1, 0.15) is 17.2 Å². The summed E-state index contributed by atoms with van der Waals surface area (Å²) in [5, 5.41) is 6.07. The Morgan fingerprint density at radius 1 is 1.15 bits per heavy atom. The van der Waals surface area contributed by atoms with Crippen LogP contribution in [0.4, 0.5) is 5.69 Å². The summed E-state index contributed by atoms with van der Waals surface area (Å²) in [6.45, 7) is 3.75. The Hall–Kier alpha value is -1.58. The number of amides is 2. The molecule has 1 aromatic carbocycles. The molecule has 2 saturated heterocycles. The molecule has 1 aromatic rings. The maximum Gasteiger partial charge on any atom is 0.248 e. The van der Waals surface area contributed by atoms with Crippen molar-refractivity contribution in [2.24, 2.45) is 5.92 Å². The Labute approximate surface area is 212 Å². The highest BCUT2D eigenvalue weighted by molar-refractivity contribution is 8.00. The largest absolute Gasteiger partial charge is 0.497 e. The molecular weight excluding hydrogens is 468 g/mol. The van der Waals surface area contributed by atoms with E-state index in [4.69, 9.17) is 4.74 Å². The molecule has 1 aliphatic carbocycles. The lowest BCUT2D eigenvalue weighted by Crippen LogP contribution is -2.57. The van der Waals surface area contributed by atoms with Gasteiger partial charge in [-0.15, -0.1) is 11.8 Å². The highest BCUT2D eigenvalue weighted by Crippen LogP contribution is 2.27. The number of carbonyl (C=O) groups excluding carboxylic acids is 2. The van der Waals surface area contributed by atoms with Gasteiger partial charge in [-0.25, -0.2) is 0 Å². The molecule has 0 spiro atoms. The van der Waals surface area contributed by atoms with Crippen molar-refractivity contribution in [1.29, 1.82) is 0 Å². The Morgan fingerprint density at radius 3 is 2.53 bits per heavy atom. The van der Waals surface area contributed by atoms with Gasteiger partial charge in [0.15, 0.2) is 0 Å². The molecule has 9 heteroatoms. The molecule has 2 atom stereocenters. The van der Waals surface area contributed by atoms with Crippen LogP contribution in [0.1, 0.15) is 32.1 Å². The first kappa shape index (κ1) is 25.5. The minimum absolute atomic E-state index is 0.0573. The predicted octanol–water partition coefficient (Wildman–Crippen LogP) is 2.80. The molecule has 1 saturated carbocycles. The zero-order valence-electron chi connectivity index (χ0n) is 20.2. The first-order valence-corrected chi connectivity index (χ1v) is 14.8. The summed E-state index contributed by atoms with van der Waals surface area (Å²) < 4.78 is 5.26. The summed E-state index contributed by atoms with van der Waals surface area (Å²) in [5.74, 6) is 4.26. The quantitative estimate of drug-likeness (QED) is 0.534. The van der Waals surface area contributed by atoms with Crippen molar-refractivity contribution in [3.8, 4) is 5.75 Å². The first-order valence-electron chi connectivity index (χ1n) is 12.5. The van der Waals surface area contributed by atoms with E-state index in [1.54, 1.807) is 18.9 Å². The number of hydrogen-bond acceptors (Lipinski definition) is 7. The van der Waals surface area contributed by atoms with E-state index in [2.05, 4.69) is 27.7 Å². The monoisotopic (exact) mass is 506 g/mol. The average Bonchev–Trinajstić information content (AvgIpc) is 3.44. The van der Waals surface area contributed by atoms with E-state index in [0.717, 1.165) is 48.5 Å². The number of nitrogens with one attached hydrogen (secondary N) is 2. The minimum Gasteiger partial charge on any atom is -0.497 e. The number of hydrogen-bond donors (Lipinski definition) is 2. The van der Waals surface area contributed by atoms with Crippen molar-refractivity contribution in [1.82, 2.24) is 15.5 Å². The van der Waals surface area contributed by atoms with Crippen LogP contribution in [0.5, 0.6) is 5.75 Å². The van der Waals surface area contributed by atoms with E-state index in [1.807, 2.05) is 28.8 Å². The summed E-state index contributed by atoms with van der Waals surface area (Å²) in [4.78, 5) is 30.5. The van der Waals surface area contributed by atoms with Gasteiger partial charge in [0.2, 0.25) is 11.8 Å². The Kier molecular flexibility index (Phi) is 9.70. The number of methoxy groups -OCH3 is 1. The summed E-state index contributed by atoms with van der Waals surface area (Å²) in [5.41, 5.74) is 1.14. The Balaban J connectivity index is 1.32. The van der Waals surface area contributed by atoms with Gasteiger partial charge >= 0.3 is 0 Å². The molecule has 2 N–H and O–H groups in total. The van der Waals surface area contributed by atoms with Crippen molar-refractivity contribution in [3.63, 3.8) is 0 Å². The number of rotatable bonds is 9. The van der Waals surface area contributed by atoms with Crippen LogP contribution in [-0.4, -0.2) is 85.2 Å². The van der Waals surface area contributed by atoms with Crippen LogP contribution < -0.4 is 20.3 Å². The van der Waals surface area contributed by atoms with Crippen LogP contribution in [0.15, 0.2) is 24.3 Å². The zero-order valence-corrected chi connectivity index (χ0v) is 21.8. The molecule has 0 aromatic heterocycles. The lowest BCUT2D eigenvalue weighted by molar-refractivity contribution is -0.136. The van der Waals surface area contributed by atoms with E-state index in [1.165, 1.54) is 32.1 Å². The fourth-order valence-electron chi connectivity index (χ4n) is 4.92. The molecule has 0 bridgehead atoms. The molecule has 34 heavy (non-hydrogen) atoms. The zero-order chi connectivity index (χ0) is 23.8. The molecule has 1 unspecified atom stereocenters. The highest BCUT2D eigenvalue weighted by atomic mass is 32.2. The minimum atomic E-state index is -0.461.